The number of furan rings is 1. The summed E-state index contributed by atoms with van der Waals surface area (Å²) in [5.74, 6) is 0.570. The number of likely N-dealkylation sites (N-methyl/N-ethyl adjacent to an activating group) is 1. The van der Waals surface area contributed by atoms with Crippen molar-refractivity contribution in [2.24, 2.45) is 0 Å². The third-order valence-electron chi connectivity index (χ3n) is 3.92. The lowest BCUT2D eigenvalue weighted by atomic mass is 10.1. The van der Waals surface area contributed by atoms with Crippen LogP contribution in [-0.2, 0) is 4.79 Å². The maximum atomic E-state index is 12.3. The molecule has 0 spiro atoms. The van der Waals surface area contributed by atoms with Crippen LogP contribution >= 0.6 is 0 Å². The van der Waals surface area contributed by atoms with Gasteiger partial charge in [-0.25, -0.2) is 9.67 Å². The number of hydrogen-bond donors (Lipinski definition) is 0. The molecule has 1 unspecified atom stereocenters. The zero-order chi connectivity index (χ0) is 16.9. The fourth-order valence-corrected chi connectivity index (χ4v) is 2.32. The first-order valence-electron chi connectivity index (χ1n) is 7.58. The molecule has 0 radical (unpaired) electrons. The second-order valence-electron chi connectivity index (χ2n) is 5.41. The minimum atomic E-state index is -0.0840. The third kappa shape index (κ3) is 3.43. The van der Waals surface area contributed by atoms with Crippen LogP contribution in [0.25, 0.3) is 11.8 Å². The molecular weight excluding hydrogens is 304 g/mol. The van der Waals surface area contributed by atoms with E-state index in [2.05, 4.69) is 10.1 Å². The van der Waals surface area contributed by atoms with Gasteiger partial charge in [0.25, 0.3) is 0 Å². The Morgan fingerprint density at radius 1 is 1.29 bits per heavy atom. The van der Waals surface area contributed by atoms with Crippen LogP contribution in [0.4, 0.5) is 0 Å². The number of hydrogen-bond acceptors (Lipinski definition) is 4. The summed E-state index contributed by atoms with van der Waals surface area (Å²) in [5, 5.41) is 4.10. The molecule has 0 fully saturated rings. The molecule has 6 nitrogen and oxygen atoms in total. The van der Waals surface area contributed by atoms with E-state index < -0.39 is 0 Å². The Hall–Kier alpha value is -3.15. The Balaban J connectivity index is 1.68. The lowest BCUT2D eigenvalue weighted by Gasteiger charge is -2.24. The minimum Gasteiger partial charge on any atom is -0.465 e. The van der Waals surface area contributed by atoms with Crippen LogP contribution < -0.4 is 0 Å². The molecule has 1 aromatic carbocycles. The van der Waals surface area contributed by atoms with Crippen LogP contribution in [0.1, 0.15) is 24.3 Å². The number of carbonyl (C=O) groups excluding carboxylic acids is 1. The first-order valence-corrected chi connectivity index (χ1v) is 7.58. The summed E-state index contributed by atoms with van der Waals surface area (Å²) in [6.07, 6.45) is 7.90. The van der Waals surface area contributed by atoms with Crippen molar-refractivity contribution in [2.75, 3.05) is 7.05 Å². The highest BCUT2D eigenvalue weighted by Crippen LogP contribution is 2.20. The van der Waals surface area contributed by atoms with Crippen molar-refractivity contribution < 1.29 is 9.21 Å². The Morgan fingerprint density at radius 3 is 2.71 bits per heavy atom. The number of carbonyl (C=O) groups is 1. The van der Waals surface area contributed by atoms with Gasteiger partial charge in [-0.2, -0.15) is 5.10 Å². The van der Waals surface area contributed by atoms with Crippen molar-refractivity contribution in [3.63, 3.8) is 0 Å². The van der Waals surface area contributed by atoms with Crippen molar-refractivity contribution in [3.8, 4) is 5.69 Å². The van der Waals surface area contributed by atoms with Crippen molar-refractivity contribution in [3.05, 3.63) is 72.7 Å². The summed E-state index contributed by atoms with van der Waals surface area (Å²) in [5.41, 5.74) is 1.97. The van der Waals surface area contributed by atoms with Crippen LogP contribution in [-0.4, -0.2) is 32.6 Å². The maximum absolute atomic E-state index is 12.3. The Labute approximate surface area is 140 Å². The van der Waals surface area contributed by atoms with Gasteiger partial charge in [0, 0.05) is 13.1 Å². The van der Waals surface area contributed by atoms with Crippen LogP contribution in [0.2, 0.25) is 0 Å². The Kier molecular flexibility index (Phi) is 4.56. The molecule has 0 bridgehead atoms. The largest absolute Gasteiger partial charge is 0.465 e. The molecule has 2 heterocycles. The van der Waals surface area contributed by atoms with Gasteiger partial charge in [0.15, 0.2) is 0 Å². The highest BCUT2D eigenvalue weighted by molar-refractivity contribution is 5.91. The monoisotopic (exact) mass is 322 g/mol. The fourth-order valence-electron chi connectivity index (χ4n) is 2.32. The summed E-state index contributed by atoms with van der Waals surface area (Å²) in [4.78, 5) is 17.9. The topological polar surface area (TPSA) is 64.2 Å². The normalized spacial score (nSPS) is 12.4. The Bertz CT molecular complexity index is 805. The molecule has 3 rings (SSSR count). The van der Waals surface area contributed by atoms with E-state index in [0.717, 1.165) is 11.3 Å². The number of rotatable bonds is 5. The second-order valence-corrected chi connectivity index (χ2v) is 5.41. The molecule has 1 amide bonds. The molecule has 122 valence electrons. The van der Waals surface area contributed by atoms with Gasteiger partial charge < -0.3 is 9.32 Å². The van der Waals surface area contributed by atoms with Crippen LogP contribution in [0.5, 0.6) is 0 Å². The van der Waals surface area contributed by atoms with E-state index >= 15 is 0 Å². The highest BCUT2D eigenvalue weighted by atomic mass is 16.3. The van der Waals surface area contributed by atoms with E-state index in [9.17, 15) is 4.79 Å². The van der Waals surface area contributed by atoms with Crippen molar-refractivity contribution in [2.45, 2.75) is 13.0 Å². The highest BCUT2D eigenvalue weighted by Gasteiger charge is 2.15. The lowest BCUT2D eigenvalue weighted by Crippen LogP contribution is -2.27. The molecule has 1 atom stereocenters. The van der Waals surface area contributed by atoms with E-state index in [-0.39, 0.29) is 11.9 Å². The minimum absolute atomic E-state index is 0.0523. The predicted molar refractivity (Wildman–Crippen MR) is 90.3 cm³/mol. The quantitative estimate of drug-likeness (QED) is 0.677. The summed E-state index contributed by atoms with van der Waals surface area (Å²) in [6.45, 7) is 1.99. The predicted octanol–water partition coefficient (Wildman–Crippen LogP) is 3.09. The second kappa shape index (κ2) is 6.95. The van der Waals surface area contributed by atoms with Gasteiger partial charge in [-0.15, -0.1) is 0 Å². The standard InChI is InChI=1S/C18H18N4O2/c1-14(21(2)18(23)10-9-17-4-3-11-24-17)15-5-7-16(8-6-15)22-13-19-12-20-22/h3-14H,1-2H3/b10-9+. The Morgan fingerprint density at radius 2 is 2.08 bits per heavy atom. The average Bonchev–Trinajstić information content (AvgIpc) is 3.32. The summed E-state index contributed by atoms with van der Waals surface area (Å²) in [6, 6.07) is 11.4. The molecule has 0 N–H and O–H groups in total. The van der Waals surface area contributed by atoms with Crippen molar-refractivity contribution in [1.82, 2.24) is 19.7 Å². The zero-order valence-electron chi connectivity index (χ0n) is 13.5. The van der Waals surface area contributed by atoms with Gasteiger partial charge in [-0.1, -0.05) is 12.1 Å². The van der Waals surface area contributed by atoms with E-state index in [1.807, 2.05) is 31.2 Å². The van der Waals surface area contributed by atoms with Crippen LogP contribution in [0, 0.1) is 0 Å². The molecule has 0 saturated carbocycles. The molecule has 24 heavy (non-hydrogen) atoms. The number of amides is 1. The summed E-state index contributed by atoms with van der Waals surface area (Å²) in [7, 11) is 1.78. The maximum Gasteiger partial charge on any atom is 0.246 e. The van der Waals surface area contributed by atoms with Gasteiger partial charge in [0.1, 0.15) is 18.4 Å². The molecule has 6 heteroatoms. The molecule has 2 aromatic heterocycles. The van der Waals surface area contributed by atoms with E-state index in [4.69, 9.17) is 4.42 Å². The van der Waals surface area contributed by atoms with E-state index in [1.54, 1.807) is 47.4 Å². The first-order chi connectivity index (χ1) is 11.6. The molecule has 3 aromatic rings. The molecule has 0 aliphatic rings. The summed E-state index contributed by atoms with van der Waals surface area (Å²) < 4.78 is 6.88. The van der Waals surface area contributed by atoms with Crippen LogP contribution in [0.15, 0.2) is 65.8 Å². The molecule has 0 saturated heterocycles. The van der Waals surface area contributed by atoms with Gasteiger partial charge in [-0.05, 0) is 42.8 Å². The number of benzene rings is 1. The number of nitrogens with zero attached hydrogens (tertiary/aromatic N) is 4. The molecular formula is C18H18N4O2. The smallest absolute Gasteiger partial charge is 0.246 e. The van der Waals surface area contributed by atoms with Gasteiger partial charge in [-0.3, -0.25) is 4.79 Å². The SMILES string of the molecule is CC(c1ccc(-n2cncn2)cc1)N(C)C(=O)/C=C/c1ccco1. The fraction of sp³-hybridized carbons (Fsp3) is 0.167. The van der Waals surface area contributed by atoms with Crippen LogP contribution in [0.3, 0.4) is 0 Å². The summed E-state index contributed by atoms with van der Waals surface area (Å²) >= 11 is 0. The lowest BCUT2D eigenvalue weighted by molar-refractivity contribution is -0.126. The average molecular weight is 322 g/mol. The van der Waals surface area contributed by atoms with E-state index in [1.165, 1.54) is 12.4 Å². The first kappa shape index (κ1) is 15.7. The van der Waals surface area contributed by atoms with Gasteiger partial charge >= 0.3 is 0 Å². The molecule has 0 aliphatic carbocycles. The van der Waals surface area contributed by atoms with Gasteiger partial charge in [0.2, 0.25) is 5.91 Å². The van der Waals surface area contributed by atoms with Gasteiger partial charge in [0.05, 0.1) is 18.0 Å². The van der Waals surface area contributed by atoms with Crippen molar-refractivity contribution >= 4 is 12.0 Å². The number of aromatic nitrogens is 3. The van der Waals surface area contributed by atoms with Crippen molar-refractivity contribution in [1.29, 1.82) is 0 Å². The third-order valence-corrected chi connectivity index (χ3v) is 3.92. The zero-order valence-corrected chi connectivity index (χ0v) is 13.5. The molecule has 0 aliphatic heterocycles. The van der Waals surface area contributed by atoms with E-state index in [0.29, 0.717) is 5.76 Å².